The average Bonchev–Trinajstić information content (AvgIpc) is 3.05. The van der Waals surface area contributed by atoms with Crippen LogP contribution in [0.15, 0.2) is 58.0 Å². The van der Waals surface area contributed by atoms with Crippen LogP contribution in [0.25, 0.3) is 17.1 Å². The van der Waals surface area contributed by atoms with Crippen LogP contribution in [0.3, 0.4) is 0 Å². The molecule has 11 heteroatoms. The summed E-state index contributed by atoms with van der Waals surface area (Å²) in [6, 6.07) is 9.67. The van der Waals surface area contributed by atoms with Crippen molar-refractivity contribution in [3.05, 3.63) is 64.9 Å². The molecule has 2 aromatic carbocycles. The van der Waals surface area contributed by atoms with Crippen molar-refractivity contribution in [2.75, 3.05) is 0 Å². The van der Waals surface area contributed by atoms with Gasteiger partial charge in [0.25, 0.3) is 10.0 Å². The predicted molar refractivity (Wildman–Crippen MR) is 104 cm³/mol. The van der Waals surface area contributed by atoms with Crippen molar-refractivity contribution in [3.63, 3.8) is 0 Å². The summed E-state index contributed by atoms with van der Waals surface area (Å²) >= 11 is 6.04. The van der Waals surface area contributed by atoms with Gasteiger partial charge in [0.2, 0.25) is 0 Å². The molecule has 0 fully saturated rings. The number of sulfonamides is 1. The second-order valence-corrected chi connectivity index (χ2v) is 8.45. The van der Waals surface area contributed by atoms with Gasteiger partial charge >= 0.3 is 6.18 Å². The van der Waals surface area contributed by atoms with E-state index in [1.807, 2.05) is 0 Å². The van der Waals surface area contributed by atoms with Gasteiger partial charge in [-0.25, -0.2) is 4.98 Å². The van der Waals surface area contributed by atoms with Gasteiger partial charge < -0.3 is 5.11 Å². The highest BCUT2D eigenvalue weighted by molar-refractivity contribution is 7.90. The molecule has 0 N–H and O–H groups in total. The highest BCUT2D eigenvalue weighted by atomic mass is 35.5. The molecule has 0 aliphatic rings. The molecule has 3 aromatic rings. The lowest BCUT2D eigenvalue weighted by Gasteiger charge is -2.10. The van der Waals surface area contributed by atoms with Gasteiger partial charge in [-0.1, -0.05) is 11.6 Å². The zero-order valence-corrected chi connectivity index (χ0v) is 17.2. The molecule has 0 unspecified atom stereocenters. The van der Waals surface area contributed by atoms with E-state index in [4.69, 9.17) is 11.6 Å². The summed E-state index contributed by atoms with van der Waals surface area (Å²) in [5, 5.41) is 11.3. The number of nitrogens with zero attached hydrogens (tertiary/aromatic N) is 3. The molecule has 30 heavy (non-hydrogen) atoms. The van der Waals surface area contributed by atoms with E-state index >= 15 is 0 Å². The van der Waals surface area contributed by atoms with Crippen molar-refractivity contribution >= 4 is 27.5 Å². The van der Waals surface area contributed by atoms with E-state index in [0.717, 1.165) is 30.8 Å². The Balaban J connectivity index is 2.16. The van der Waals surface area contributed by atoms with Crippen molar-refractivity contribution in [2.24, 2.45) is 4.40 Å². The van der Waals surface area contributed by atoms with Gasteiger partial charge in [0, 0.05) is 22.5 Å². The molecule has 0 radical (unpaired) electrons. The topological polar surface area (TPSA) is 87.4 Å². The largest absolute Gasteiger partial charge is 0.861 e. The lowest BCUT2D eigenvalue weighted by atomic mass is 10.1. The van der Waals surface area contributed by atoms with E-state index in [1.54, 1.807) is 19.1 Å². The number of halogens is 4. The first-order valence-electron chi connectivity index (χ1n) is 8.40. The van der Waals surface area contributed by atoms with Crippen LogP contribution in [0.2, 0.25) is 5.02 Å². The summed E-state index contributed by atoms with van der Waals surface area (Å²) in [5.74, 6) is -0.904. The molecule has 0 aliphatic heterocycles. The van der Waals surface area contributed by atoms with Gasteiger partial charge in [0.05, 0.1) is 4.90 Å². The maximum atomic E-state index is 13.3. The summed E-state index contributed by atoms with van der Waals surface area (Å²) in [6.45, 7) is 2.74. The smallest absolute Gasteiger partial charge is 0.434 e. The molecule has 0 atom stereocenters. The molecule has 0 aliphatic carbocycles. The molecule has 0 saturated carbocycles. The Morgan fingerprint density at radius 1 is 1.17 bits per heavy atom. The zero-order chi connectivity index (χ0) is 22.3. The number of rotatable bonds is 4. The normalized spacial score (nSPS) is 12.9. The second kappa shape index (κ2) is 7.77. The van der Waals surface area contributed by atoms with Crippen LogP contribution in [-0.4, -0.2) is 23.9 Å². The Morgan fingerprint density at radius 3 is 2.33 bits per heavy atom. The number of alkyl halides is 3. The van der Waals surface area contributed by atoms with Gasteiger partial charge in [-0.15, -0.1) is 0 Å². The van der Waals surface area contributed by atoms with E-state index in [1.165, 1.54) is 22.8 Å². The summed E-state index contributed by atoms with van der Waals surface area (Å²) < 4.78 is 68.1. The van der Waals surface area contributed by atoms with Crippen LogP contribution in [0.4, 0.5) is 13.2 Å². The number of aryl methyl sites for hydroxylation is 1. The fourth-order valence-corrected chi connectivity index (χ4v) is 4.00. The Morgan fingerprint density at radius 2 is 1.80 bits per heavy atom. The number of hydrogen-bond acceptors (Lipinski definition) is 4. The SMILES string of the molecule is C/C([O-])=N\S(=O)(=O)c1ccc(-n2cc(C(F)(F)F)nc2-c2cc(C)cc(Cl)c2)cc1. The van der Waals surface area contributed by atoms with Gasteiger partial charge in [-0.2, -0.15) is 26.0 Å². The number of hydrogen-bond donors (Lipinski definition) is 0. The minimum Gasteiger partial charge on any atom is -0.861 e. The third-order valence-corrected chi connectivity index (χ3v) is 5.54. The van der Waals surface area contributed by atoms with Crippen LogP contribution in [0.5, 0.6) is 0 Å². The minimum absolute atomic E-state index is 0.0167. The molecular weight excluding hydrogens is 443 g/mol. The standard InChI is InChI=1S/C19H15ClF3N3O3S/c1-11-7-13(9-14(20)8-11)18-24-17(19(21,22)23)10-26(18)15-3-5-16(6-4-15)30(28,29)25-12(2)27/h3-10H,1-2H3,(H,25,27)/p-1. The van der Waals surface area contributed by atoms with E-state index in [2.05, 4.69) is 9.38 Å². The average molecular weight is 457 g/mol. The van der Waals surface area contributed by atoms with Crippen LogP contribution >= 0.6 is 11.6 Å². The lowest BCUT2D eigenvalue weighted by Crippen LogP contribution is -2.14. The van der Waals surface area contributed by atoms with Crippen LogP contribution < -0.4 is 5.11 Å². The highest BCUT2D eigenvalue weighted by Crippen LogP contribution is 2.34. The van der Waals surface area contributed by atoms with Crippen LogP contribution in [-0.2, 0) is 16.2 Å². The van der Waals surface area contributed by atoms with Crippen LogP contribution in [0, 0.1) is 6.92 Å². The van der Waals surface area contributed by atoms with E-state index < -0.39 is 27.8 Å². The Bertz CT molecular complexity index is 1210. The highest BCUT2D eigenvalue weighted by Gasteiger charge is 2.35. The summed E-state index contributed by atoms with van der Waals surface area (Å²) in [6.07, 6.45) is -3.87. The van der Waals surface area contributed by atoms with Gasteiger partial charge in [0.1, 0.15) is 5.82 Å². The molecule has 0 spiro atoms. The fourth-order valence-electron chi connectivity index (χ4n) is 2.78. The summed E-state index contributed by atoms with van der Waals surface area (Å²) in [7, 11) is -4.20. The Kier molecular flexibility index (Phi) is 5.66. The number of aromatic nitrogens is 2. The van der Waals surface area contributed by atoms with E-state index in [9.17, 15) is 26.7 Å². The van der Waals surface area contributed by atoms with Crippen molar-refractivity contribution in [1.29, 1.82) is 0 Å². The summed E-state index contributed by atoms with van der Waals surface area (Å²) in [4.78, 5) is 3.45. The molecule has 0 amide bonds. The molecule has 3 rings (SSSR count). The van der Waals surface area contributed by atoms with Crippen molar-refractivity contribution < 1.29 is 26.7 Å². The Labute approximate surface area is 175 Å². The molecular formula is C19H14ClF3N3O3S-. The third-order valence-electron chi connectivity index (χ3n) is 3.96. The first kappa shape index (κ1) is 21.8. The van der Waals surface area contributed by atoms with Crippen molar-refractivity contribution in [3.8, 4) is 17.1 Å². The first-order chi connectivity index (χ1) is 13.9. The Hall–Kier alpha value is -2.85. The molecule has 0 saturated heterocycles. The zero-order valence-electron chi connectivity index (χ0n) is 15.6. The minimum atomic E-state index is -4.68. The third kappa shape index (κ3) is 4.65. The molecule has 1 aromatic heterocycles. The van der Waals surface area contributed by atoms with Crippen molar-refractivity contribution in [2.45, 2.75) is 24.9 Å². The fraction of sp³-hybridized carbons (Fsp3) is 0.158. The van der Waals surface area contributed by atoms with Gasteiger partial charge in [-0.3, -0.25) is 4.57 Å². The number of benzene rings is 2. The van der Waals surface area contributed by atoms with Crippen molar-refractivity contribution in [1.82, 2.24) is 9.55 Å². The predicted octanol–water partition coefficient (Wildman–Crippen LogP) is 3.99. The monoisotopic (exact) mass is 456 g/mol. The lowest BCUT2D eigenvalue weighted by molar-refractivity contribution is -0.215. The number of imidazole rings is 1. The molecule has 0 bridgehead atoms. The molecule has 158 valence electrons. The quantitative estimate of drug-likeness (QED) is 0.438. The maximum absolute atomic E-state index is 13.3. The molecule has 6 nitrogen and oxygen atoms in total. The summed E-state index contributed by atoms with van der Waals surface area (Å²) in [5.41, 5.74) is 0.206. The maximum Gasteiger partial charge on any atom is 0.434 e. The molecule has 1 heterocycles. The van der Waals surface area contributed by atoms with Gasteiger partial charge in [0.15, 0.2) is 5.69 Å². The first-order valence-corrected chi connectivity index (χ1v) is 10.2. The van der Waals surface area contributed by atoms with Crippen LogP contribution in [0.1, 0.15) is 18.2 Å². The second-order valence-electron chi connectivity index (χ2n) is 6.41. The van der Waals surface area contributed by atoms with E-state index in [-0.39, 0.29) is 16.4 Å². The van der Waals surface area contributed by atoms with Gasteiger partial charge in [-0.05, 0) is 67.8 Å². The van der Waals surface area contributed by atoms with E-state index in [0.29, 0.717) is 10.6 Å².